The van der Waals surface area contributed by atoms with E-state index < -0.39 is 6.03 Å². The Bertz CT molecular complexity index is 418. The lowest BCUT2D eigenvalue weighted by Gasteiger charge is -2.08. The van der Waals surface area contributed by atoms with Gasteiger partial charge in [0.15, 0.2) is 5.78 Å². The Morgan fingerprint density at radius 1 is 0.900 bits per heavy atom. The molecular formula is C13H19N3O4. The van der Waals surface area contributed by atoms with Gasteiger partial charge in [-0.1, -0.05) is 6.08 Å². The number of hydrazine groups is 1. The lowest BCUT2D eigenvalue weighted by Crippen LogP contribution is -2.47. The van der Waals surface area contributed by atoms with E-state index in [4.69, 9.17) is 0 Å². The van der Waals surface area contributed by atoms with Crippen molar-refractivity contribution >= 4 is 23.5 Å². The Labute approximate surface area is 117 Å². The molecule has 20 heavy (non-hydrogen) atoms. The Hall–Kier alpha value is -2.18. The summed E-state index contributed by atoms with van der Waals surface area (Å²) in [5.74, 6) is -0.485. The van der Waals surface area contributed by atoms with Crippen molar-refractivity contribution in [3.8, 4) is 0 Å². The third-order valence-corrected chi connectivity index (χ3v) is 2.73. The van der Waals surface area contributed by atoms with Crippen molar-refractivity contribution in [3.05, 3.63) is 12.2 Å². The maximum atomic E-state index is 11.5. The summed E-state index contributed by atoms with van der Waals surface area (Å²) in [7, 11) is 0. The highest BCUT2D eigenvalue weighted by Gasteiger charge is 2.08. The molecule has 0 saturated heterocycles. The SMILES string of the molecule is O=C1C=CCCNC(=O)NNC(=O)CCCC(=O)CC1. The first kappa shape index (κ1) is 15.9. The molecule has 0 aromatic heterocycles. The molecule has 3 N–H and O–H groups in total. The van der Waals surface area contributed by atoms with Crippen LogP contribution in [0.4, 0.5) is 4.79 Å². The molecule has 0 saturated carbocycles. The number of carbonyl (C=O) groups excluding carboxylic acids is 4. The van der Waals surface area contributed by atoms with Crippen molar-refractivity contribution in [1.82, 2.24) is 16.2 Å². The van der Waals surface area contributed by atoms with E-state index in [0.29, 0.717) is 19.4 Å². The van der Waals surface area contributed by atoms with Crippen LogP contribution in [0, 0.1) is 0 Å². The monoisotopic (exact) mass is 281 g/mol. The smallest absolute Gasteiger partial charge is 0.333 e. The number of amides is 3. The van der Waals surface area contributed by atoms with Crippen molar-refractivity contribution in [2.24, 2.45) is 0 Å². The van der Waals surface area contributed by atoms with Crippen molar-refractivity contribution in [2.45, 2.75) is 38.5 Å². The van der Waals surface area contributed by atoms with Crippen molar-refractivity contribution in [1.29, 1.82) is 0 Å². The fourth-order valence-corrected chi connectivity index (χ4v) is 1.63. The normalized spacial score (nSPS) is 20.0. The minimum Gasteiger partial charge on any atom is -0.336 e. The second kappa shape index (κ2) is 8.84. The van der Waals surface area contributed by atoms with E-state index in [1.54, 1.807) is 6.08 Å². The third-order valence-electron chi connectivity index (χ3n) is 2.73. The van der Waals surface area contributed by atoms with Crippen LogP contribution in [-0.4, -0.2) is 30.0 Å². The van der Waals surface area contributed by atoms with Gasteiger partial charge < -0.3 is 5.32 Å². The molecule has 1 rings (SSSR count). The van der Waals surface area contributed by atoms with Gasteiger partial charge in [-0.15, -0.1) is 0 Å². The largest absolute Gasteiger partial charge is 0.336 e. The topological polar surface area (TPSA) is 104 Å². The Balaban J connectivity index is 2.50. The van der Waals surface area contributed by atoms with Gasteiger partial charge >= 0.3 is 6.03 Å². The minimum absolute atomic E-state index is 0.0302. The molecule has 3 amide bonds. The van der Waals surface area contributed by atoms with Gasteiger partial charge in [0, 0.05) is 32.2 Å². The van der Waals surface area contributed by atoms with Crippen molar-refractivity contribution < 1.29 is 19.2 Å². The van der Waals surface area contributed by atoms with Crippen LogP contribution in [0.15, 0.2) is 12.2 Å². The number of carbonyl (C=O) groups is 4. The number of hydrogen-bond donors (Lipinski definition) is 3. The van der Waals surface area contributed by atoms with Crippen molar-refractivity contribution in [2.75, 3.05) is 6.54 Å². The number of hydrogen-bond acceptors (Lipinski definition) is 4. The van der Waals surface area contributed by atoms with Crippen LogP contribution in [0.1, 0.15) is 38.5 Å². The molecule has 0 aromatic carbocycles. The first-order chi connectivity index (χ1) is 9.58. The van der Waals surface area contributed by atoms with Crippen LogP contribution in [0.3, 0.4) is 0 Å². The highest BCUT2D eigenvalue weighted by molar-refractivity contribution is 5.93. The van der Waals surface area contributed by atoms with Gasteiger partial charge in [0.1, 0.15) is 5.78 Å². The molecule has 1 aliphatic rings. The third kappa shape index (κ3) is 7.30. The summed E-state index contributed by atoms with van der Waals surface area (Å²) < 4.78 is 0. The van der Waals surface area contributed by atoms with Crippen LogP contribution in [0.5, 0.6) is 0 Å². The molecule has 7 nitrogen and oxygen atoms in total. The van der Waals surface area contributed by atoms with Crippen molar-refractivity contribution in [3.63, 3.8) is 0 Å². The summed E-state index contributed by atoms with van der Waals surface area (Å²) in [5, 5.41) is 2.53. The molecule has 0 unspecified atom stereocenters. The molecular weight excluding hydrogens is 262 g/mol. The summed E-state index contributed by atoms with van der Waals surface area (Å²) in [6.45, 7) is 0.352. The number of ketones is 2. The van der Waals surface area contributed by atoms with E-state index in [1.807, 2.05) is 0 Å². The van der Waals surface area contributed by atoms with E-state index >= 15 is 0 Å². The zero-order valence-corrected chi connectivity index (χ0v) is 11.2. The van der Waals surface area contributed by atoms with Gasteiger partial charge in [-0.25, -0.2) is 10.2 Å². The summed E-state index contributed by atoms with van der Waals surface area (Å²) in [6, 6.07) is -0.513. The number of rotatable bonds is 0. The second-order valence-electron chi connectivity index (χ2n) is 4.48. The quantitative estimate of drug-likeness (QED) is 0.596. The molecule has 1 aliphatic heterocycles. The lowest BCUT2D eigenvalue weighted by atomic mass is 10.1. The molecule has 0 radical (unpaired) electrons. The standard InChI is InChI=1S/C13H19N3O4/c17-10-4-1-2-9-14-13(20)16-15-12(19)6-3-5-11(18)8-7-10/h1,4H,2-3,5-9H2,(H,15,19)(H2,14,16,20). The Morgan fingerprint density at radius 2 is 1.70 bits per heavy atom. The number of nitrogens with one attached hydrogen (secondary N) is 3. The fourth-order valence-electron chi connectivity index (χ4n) is 1.63. The minimum atomic E-state index is -0.513. The Kier molecular flexibility index (Phi) is 7.02. The van der Waals surface area contributed by atoms with Crippen LogP contribution in [-0.2, 0) is 14.4 Å². The van der Waals surface area contributed by atoms with E-state index in [1.165, 1.54) is 6.08 Å². The molecule has 0 fully saturated rings. The lowest BCUT2D eigenvalue weighted by molar-refractivity contribution is -0.123. The molecule has 0 atom stereocenters. The van der Waals surface area contributed by atoms with Crippen LogP contribution >= 0.6 is 0 Å². The van der Waals surface area contributed by atoms with Gasteiger partial charge in [-0.2, -0.15) is 0 Å². The average Bonchev–Trinajstić information content (AvgIpc) is 2.41. The molecule has 1 heterocycles. The predicted molar refractivity (Wildman–Crippen MR) is 71.5 cm³/mol. The maximum absolute atomic E-state index is 11.5. The molecule has 0 bridgehead atoms. The summed E-state index contributed by atoms with van der Waals surface area (Å²) in [5.41, 5.74) is 4.46. The number of urea groups is 1. The fraction of sp³-hybridized carbons (Fsp3) is 0.538. The summed E-state index contributed by atoms with van der Waals surface area (Å²) in [4.78, 5) is 45.5. The zero-order chi connectivity index (χ0) is 14.8. The van der Waals surface area contributed by atoms with Gasteiger partial charge in [-0.05, 0) is 18.9 Å². The average molecular weight is 281 g/mol. The Morgan fingerprint density at radius 3 is 2.50 bits per heavy atom. The molecule has 0 aromatic rings. The summed E-state index contributed by atoms with van der Waals surface area (Å²) >= 11 is 0. The molecule has 7 heteroatoms. The van der Waals surface area contributed by atoms with E-state index in [-0.39, 0.29) is 43.2 Å². The highest BCUT2D eigenvalue weighted by atomic mass is 16.2. The highest BCUT2D eigenvalue weighted by Crippen LogP contribution is 2.03. The number of Topliss-reactive ketones (excluding diaryl/α,β-unsaturated/α-hetero) is 1. The van der Waals surface area contributed by atoms with Crippen LogP contribution < -0.4 is 16.2 Å². The van der Waals surface area contributed by atoms with E-state index in [9.17, 15) is 19.2 Å². The van der Waals surface area contributed by atoms with Crippen LogP contribution in [0.2, 0.25) is 0 Å². The first-order valence-electron chi connectivity index (χ1n) is 6.61. The van der Waals surface area contributed by atoms with E-state index in [2.05, 4.69) is 16.2 Å². The van der Waals surface area contributed by atoms with E-state index in [0.717, 1.165) is 0 Å². The first-order valence-corrected chi connectivity index (χ1v) is 6.61. The molecule has 0 spiro atoms. The van der Waals surface area contributed by atoms with Gasteiger partial charge in [-0.3, -0.25) is 19.8 Å². The predicted octanol–water partition coefficient (Wildman–Crippen LogP) is 0.365. The zero-order valence-electron chi connectivity index (χ0n) is 11.2. The van der Waals surface area contributed by atoms with Gasteiger partial charge in [0.05, 0.1) is 0 Å². The van der Waals surface area contributed by atoms with Gasteiger partial charge in [0.2, 0.25) is 5.91 Å². The second-order valence-corrected chi connectivity index (χ2v) is 4.48. The van der Waals surface area contributed by atoms with Gasteiger partial charge in [0.25, 0.3) is 0 Å². The number of allylic oxidation sites excluding steroid dienone is 1. The maximum Gasteiger partial charge on any atom is 0.333 e. The summed E-state index contributed by atoms with van der Waals surface area (Å²) in [6.07, 6.45) is 4.79. The molecule has 0 aliphatic carbocycles. The molecule has 110 valence electrons. The van der Waals surface area contributed by atoms with Crippen LogP contribution in [0.25, 0.3) is 0 Å².